The zero-order chi connectivity index (χ0) is 16.4. The van der Waals surface area contributed by atoms with Gasteiger partial charge in [0.15, 0.2) is 0 Å². The molecular formula is C20H25N3O. The van der Waals surface area contributed by atoms with E-state index in [-0.39, 0.29) is 11.9 Å². The first kappa shape index (κ1) is 15.6. The normalized spacial score (nSPS) is 25.0. The third-order valence-corrected chi connectivity index (χ3v) is 5.68. The van der Waals surface area contributed by atoms with E-state index in [0.717, 1.165) is 29.6 Å². The monoisotopic (exact) mass is 323 g/mol. The number of carbonyl (C=O) groups is 1. The highest BCUT2D eigenvalue weighted by molar-refractivity contribution is 5.97. The Kier molecular flexibility index (Phi) is 4.48. The van der Waals surface area contributed by atoms with Crippen LogP contribution in [0.1, 0.15) is 38.5 Å². The van der Waals surface area contributed by atoms with E-state index >= 15 is 0 Å². The number of hydrogen-bond acceptors (Lipinski definition) is 3. The summed E-state index contributed by atoms with van der Waals surface area (Å²) < 4.78 is 0. The van der Waals surface area contributed by atoms with E-state index in [0.29, 0.717) is 11.8 Å². The molecule has 1 aromatic heterocycles. The van der Waals surface area contributed by atoms with Crippen molar-refractivity contribution in [3.05, 3.63) is 36.5 Å². The number of benzene rings is 1. The molecule has 0 unspecified atom stereocenters. The number of amides is 1. The van der Waals surface area contributed by atoms with Gasteiger partial charge in [0.05, 0.1) is 11.6 Å². The van der Waals surface area contributed by atoms with Crippen molar-refractivity contribution in [2.75, 3.05) is 11.9 Å². The molecule has 1 aliphatic heterocycles. The van der Waals surface area contributed by atoms with Gasteiger partial charge < -0.3 is 10.6 Å². The maximum atomic E-state index is 12.8. The summed E-state index contributed by atoms with van der Waals surface area (Å²) >= 11 is 0. The number of hydrogen-bond donors (Lipinski definition) is 2. The molecule has 2 N–H and O–H groups in total. The van der Waals surface area contributed by atoms with E-state index in [1.165, 1.54) is 32.1 Å². The van der Waals surface area contributed by atoms with Crippen LogP contribution < -0.4 is 10.6 Å². The van der Waals surface area contributed by atoms with Gasteiger partial charge in [0, 0.05) is 17.3 Å². The molecule has 1 saturated heterocycles. The Labute approximate surface area is 143 Å². The summed E-state index contributed by atoms with van der Waals surface area (Å²) in [6.45, 7) is 0.959. The molecule has 2 aliphatic rings. The average Bonchev–Trinajstić information content (AvgIpc) is 3.12. The highest BCUT2D eigenvalue weighted by Crippen LogP contribution is 2.36. The fourth-order valence-electron chi connectivity index (χ4n) is 4.45. The fraction of sp³-hybridized carbons (Fsp3) is 0.500. The van der Waals surface area contributed by atoms with Gasteiger partial charge in [-0.1, -0.05) is 38.2 Å². The van der Waals surface area contributed by atoms with E-state index < -0.39 is 0 Å². The molecule has 126 valence electrons. The summed E-state index contributed by atoms with van der Waals surface area (Å²) in [6.07, 6.45) is 9.51. The van der Waals surface area contributed by atoms with Crippen molar-refractivity contribution in [2.24, 2.45) is 11.8 Å². The molecule has 1 amide bonds. The van der Waals surface area contributed by atoms with Crippen molar-refractivity contribution in [3.8, 4) is 0 Å². The van der Waals surface area contributed by atoms with Crippen LogP contribution in [0.25, 0.3) is 10.9 Å². The molecular weight excluding hydrogens is 298 g/mol. The van der Waals surface area contributed by atoms with Crippen LogP contribution in [-0.4, -0.2) is 23.5 Å². The molecule has 2 atom stereocenters. The van der Waals surface area contributed by atoms with Crippen LogP contribution in [0.15, 0.2) is 36.5 Å². The van der Waals surface area contributed by atoms with E-state index in [4.69, 9.17) is 0 Å². The molecule has 2 fully saturated rings. The van der Waals surface area contributed by atoms with Crippen molar-refractivity contribution >= 4 is 22.5 Å². The maximum absolute atomic E-state index is 12.8. The Morgan fingerprint density at radius 3 is 2.88 bits per heavy atom. The molecule has 2 aromatic rings. The minimum absolute atomic E-state index is 0.0438. The number of fused-ring (bicyclic) bond motifs is 1. The van der Waals surface area contributed by atoms with Gasteiger partial charge in [0.2, 0.25) is 5.91 Å². The highest BCUT2D eigenvalue weighted by atomic mass is 16.2. The van der Waals surface area contributed by atoms with Crippen molar-refractivity contribution in [1.29, 1.82) is 0 Å². The standard InChI is InChI=1S/C20H25N3O/c24-20(19-17(10-12-22-19)14-5-2-1-3-6-14)23-16-8-9-18-15(13-16)7-4-11-21-18/h4,7-9,11,13-14,17,19,22H,1-3,5-6,10,12H2,(H,23,24)/t17-,19-/m0/s1. The first-order valence-corrected chi connectivity index (χ1v) is 9.20. The number of aromatic nitrogens is 1. The topological polar surface area (TPSA) is 54.0 Å². The molecule has 0 bridgehead atoms. The largest absolute Gasteiger partial charge is 0.325 e. The summed E-state index contributed by atoms with van der Waals surface area (Å²) in [5.41, 5.74) is 1.81. The van der Waals surface area contributed by atoms with Crippen LogP contribution in [0.4, 0.5) is 5.69 Å². The molecule has 0 radical (unpaired) electrons. The Morgan fingerprint density at radius 2 is 2.00 bits per heavy atom. The molecule has 0 spiro atoms. The van der Waals surface area contributed by atoms with E-state index in [1.807, 2.05) is 30.3 Å². The predicted octanol–water partition coefficient (Wildman–Crippen LogP) is 3.73. The SMILES string of the molecule is O=C(Nc1ccc2ncccc2c1)[C@H]1NCC[C@H]1C1CCCCC1. The van der Waals surface area contributed by atoms with Gasteiger partial charge in [-0.25, -0.2) is 0 Å². The van der Waals surface area contributed by atoms with Crippen LogP contribution >= 0.6 is 0 Å². The molecule has 4 rings (SSSR count). The van der Waals surface area contributed by atoms with E-state index in [9.17, 15) is 4.79 Å². The lowest BCUT2D eigenvalue weighted by atomic mass is 9.76. The molecule has 24 heavy (non-hydrogen) atoms. The minimum atomic E-state index is -0.0438. The van der Waals surface area contributed by atoms with Gasteiger partial charge >= 0.3 is 0 Å². The van der Waals surface area contributed by atoms with Gasteiger partial charge in [-0.05, 0) is 49.1 Å². The van der Waals surface area contributed by atoms with Gasteiger partial charge in [0.1, 0.15) is 0 Å². The summed E-state index contributed by atoms with van der Waals surface area (Å²) in [7, 11) is 0. The lowest BCUT2D eigenvalue weighted by Gasteiger charge is -2.30. The van der Waals surface area contributed by atoms with Crippen LogP contribution in [0.5, 0.6) is 0 Å². The Bertz CT molecular complexity index is 724. The number of carbonyl (C=O) groups excluding carboxylic acids is 1. The Hall–Kier alpha value is -1.94. The fourth-order valence-corrected chi connectivity index (χ4v) is 4.45. The van der Waals surface area contributed by atoms with Gasteiger partial charge in [-0.3, -0.25) is 9.78 Å². The highest BCUT2D eigenvalue weighted by Gasteiger charge is 2.38. The molecule has 1 aromatic carbocycles. The third-order valence-electron chi connectivity index (χ3n) is 5.68. The Morgan fingerprint density at radius 1 is 1.12 bits per heavy atom. The van der Waals surface area contributed by atoms with E-state index in [1.54, 1.807) is 6.20 Å². The average molecular weight is 323 g/mol. The van der Waals surface area contributed by atoms with Crippen LogP contribution in [0, 0.1) is 11.8 Å². The summed E-state index contributed by atoms with van der Waals surface area (Å²) in [6, 6.07) is 9.81. The molecule has 4 heteroatoms. The van der Waals surface area contributed by atoms with Crippen LogP contribution in [0.3, 0.4) is 0 Å². The number of anilines is 1. The molecule has 1 aliphatic carbocycles. The lowest BCUT2D eigenvalue weighted by molar-refractivity contribution is -0.119. The quantitative estimate of drug-likeness (QED) is 0.905. The van der Waals surface area contributed by atoms with Crippen molar-refractivity contribution < 1.29 is 4.79 Å². The molecule has 1 saturated carbocycles. The maximum Gasteiger partial charge on any atom is 0.241 e. The van der Waals surface area contributed by atoms with Crippen molar-refractivity contribution in [2.45, 2.75) is 44.6 Å². The van der Waals surface area contributed by atoms with Crippen molar-refractivity contribution in [3.63, 3.8) is 0 Å². The zero-order valence-corrected chi connectivity index (χ0v) is 14.0. The van der Waals surface area contributed by atoms with Gasteiger partial charge in [0.25, 0.3) is 0 Å². The van der Waals surface area contributed by atoms with Gasteiger partial charge in [-0.2, -0.15) is 0 Å². The number of pyridine rings is 1. The zero-order valence-electron chi connectivity index (χ0n) is 14.0. The number of rotatable bonds is 3. The predicted molar refractivity (Wildman–Crippen MR) is 96.8 cm³/mol. The summed E-state index contributed by atoms with van der Waals surface area (Å²) in [5, 5.41) is 7.61. The second-order valence-corrected chi connectivity index (χ2v) is 7.18. The smallest absolute Gasteiger partial charge is 0.241 e. The third kappa shape index (κ3) is 3.16. The Balaban J connectivity index is 1.47. The van der Waals surface area contributed by atoms with Crippen molar-refractivity contribution in [1.82, 2.24) is 10.3 Å². The molecule has 4 nitrogen and oxygen atoms in total. The van der Waals surface area contributed by atoms with E-state index in [2.05, 4.69) is 15.6 Å². The summed E-state index contributed by atoms with van der Waals surface area (Å²) in [4.78, 5) is 17.1. The summed E-state index contributed by atoms with van der Waals surface area (Å²) in [5.74, 6) is 1.32. The van der Waals surface area contributed by atoms with Crippen LogP contribution in [-0.2, 0) is 4.79 Å². The lowest BCUT2D eigenvalue weighted by Crippen LogP contribution is -2.42. The first-order chi connectivity index (χ1) is 11.8. The molecule has 2 heterocycles. The number of nitrogens with one attached hydrogen (secondary N) is 2. The number of nitrogens with zero attached hydrogens (tertiary/aromatic N) is 1. The van der Waals surface area contributed by atoms with Crippen LogP contribution in [0.2, 0.25) is 0 Å². The van der Waals surface area contributed by atoms with Gasteiger partial charge in [-0.15, -0.1) is 0 Å². The second-order valence-electron chi connectivity index (χ2n) is 7.18. The first-order valence-electron chi connectivity index (χ1n) is 9.20. The second kappa shape index (κ2) is 6.89. The minimum Gasteiger partial charge on any atom is -0.325 e.